The second kappa shape index (κ2) is 6.00. The summed E-state index contributed by atoms with van der Waals surface area (Å²) in [6.07, 6.45) is 6.57. The predicted octanol–water partition coefficient (Wildman–Crippen LogP) is 2.82. The largest absolute Gasteiger partial charge is 0.496 e. The first-order valence-corrected chi connectivity index (χ1v) is 6.01. The summed E-state index contributed by atoms with van der Waals surface area (Å²) in [6, 6.07) is 5.74. The van der Waals surface area contributed by atoms with Crippen LogP contribution in [0.15, 0.2) is 36.7 Å². The number of fused-ring (bicyclic) bond motifs is 1. The summed E-state index contributed by atoms with van der Waals surface area (Å²) in [4.78, 5) is 15.5. The third-order valence-corrected chi connectivity index (χ3v) is 2.72. The van der Waals surface area contributed by atoms with Crippen molar-refractivity contribution in [2.24, 2.45) is 0 Å². The minimum Gasteiger partial charge on any atom is -0.496 e. The average Bonchev–Trinajstić information content (AvgIpc) is 2.44. The number of hydrogen-bond donors (Lipinski definition) is 0. The fourth-order valence-corrected chi connectivity index (χ4v) is 1.86. The molecule has 0 radical (unpaired) electrons. The molecular weight excluding hydrogens is 242 g/mol. The number of hydrogen-bond acceptors (Lipinski definition) is 4. The first-order valence-electron chi connectivity index (χ1n) is 6.01. The number of pyridine rings is 1. The van der Waals surface area contributed by atoms with E-state index in [4.69, 9.17) is 9.47 Å². The van der Waals surface area contributed by atoms with Gasteiger partial charge in [-0.1, -0.05) is 6.07 Å². The molecule has 0 fully saturated rings. The summed E-state index contributed by atoms with van der Waals surface area (Å²) in [5.74, 6) is 0.325. The van der Waals surface area contributed by atoms with Crippen molar-refractivity contribution in [1.29, 1.82) is 0 Å². The molecule has 0 N–H and O–H groups in total. The van der Waals surface area contributed by atoms with Crippen molar-refractivity contribution in [3.8, 4) is 5.75 Å². The molecule has 4 heteroatoms. The smallest absolute Gasteiger partial charge is 0.330 e. The fourth-order valence-electron chi connectivity index (χ4n) is 1.86. The van der Waals surface area contributed by atoms with Gasteiger partial charge in [0, 0.05) is 29.4 Å². The van der Waals surface area contributed by atoms with Crippen LogP contribution in [0.3, 0.4) is 0 Å². The topological polar surface area (TPSA) is 48.4 Å². The van der Waals surface area contributed by atoms with Gasteiger partial charge in [0.2, 0.25) is 0 Å². The zero-order valence-electron chi connectivity index (χ0n) is 10.9. The molecule has 2 aromatic rings. The molecule has 0 aliphatic rings. The lowest BCUT2D eigenvalue weighted by Crippen LogP contribution is -1.99. The van der Waals surface area contributed by atoms with Gasteiger partial charge in [-0.2, -0.15) is 0 Å². The van der Waals surface area contributed by atoms with E-state index < -0.39 is 0 Å². The molecular formula is C15H15NO3. The first-order chi connectivity index (χ1) is 9.26. The third kappa shape index (κ3) is 2.91. The third-order valence-electron chi connectivity index (χ3n) is 2.72. The van der Waals surface area contributed by atoms with Gasteiger partial charge in [-0.3, -0.25) is 4.98 Å². The molecule has 0 saturated carbocycles. The highest BCUT2D eigenvalue weighted by molar-refractivity contribution is 5.96. The SMILES string of the molecule is CCOC(=O)/C=C/c1c(OC)ccc2ccncc12. The fraction of sp³-hybridized carbons (Fsp3) is 0.200. The molecule has 4 nitrogen and oxygen atoms in total. The van der Waals surface area contributed by atoms with Gasteiger partial charge in [0.25, 0.3) is 0 Å². The van der Waals surface area contributed by atoms with Gasteiger partial charge in [-0.25, -0.2) is 4.79 Å². The van der Waals surface area contributed by atoms with E-state index in [0.29, 0.717) is 12.4 Å². The minimum atomic E-state index is -0.370. The van der Waals surface area contributed by atoms with Gasteiger partial charge in [-0.05, 0) is 30.5 Å². The Morgan fingerprint density at radius 1 is 1.37 bits per heavy atom. The van der Waals surface area contributed by atoms with Crippen molar-refractivity contribution in [3.05, 3.63) is 42.2 Å². The number of aromatic nitrogens is 1. The monoisotopic (exact) mass is 257 g/mol. The van der Waals surface area contributed by atoms with Crippen molar-refractivity contribution in [1.82, 2.24) is 4.98 Å². The Morgan fingerprint density at radius 3 is 2.95 bits per heavy atom. The summed E-state index contributed by atoms with van der Waals surface area (Å²) in [6.45, 7) is 2.13. The van der Waals surface area contributed by atoms with Crippen molar-refractivity contribution < 1.29 is 14.3 Å². The number of benzene rings is 1. The second-order valence-electron chi connectivity index (χ2n) is 3.86. The van der Waals surface area contributed by atoms with E-state index in [1.54, 1.807) is 32.5 Å². The highest BCUT2D eigenvalue weighted by atomic mass is 16.5. The lowest BCUT2D eigenvalue weighted by Gasteiger charge is -2.08. The van der Waals surface area contributed by atoms with Crippen LogP contribution in [0.1, 0.15) is 12.5 Å². The average molecular weight is 257 g/mol. The van der Waals surface area contributed by atoms with Crippen molar-refractivity contribution in [3.63, 3.8) is 0 Å². The molecule has 0 saturated heterocycles. The number of methoxy groups -OCH3 is 1. The summed E-state index contributed by atoms with van der Waals surface area (Å²) in [5.41, 5.74) is 0.821. The maximum atomic E-state index is 11.4. The Kier molecular flexibility index (Phi) is 4.13. The molecule has 19 heavy (non-hydrogen) atoms. The summed E-state index contributed by atoms with van der Waals surface area (Å²) in [7, 11) is 1.60. The molecule has 0 spiro atoms. The lowest BCUT2D eigenvalue weighted by molar-refractivity contribution is -0.137. The summed E-state index contributed by atoms with van der Waals surface area (Å²) < 4.78 is 10.2. The predicted molar refractivity (Wildman–Crippen MR) is 74.0 cm³/mol. The van der Waals surface area contributed by atoms with Crippen LogP contribution >= 0.6 is 0 Å². The van der Waals surface area contributed by atoms with Crippen LogP contribution in [0.5, 0.6) is 5.75 Å². The summed E-state index contributed by atoms with van der Waals surface area (Å²) >= 11 is 0. The number of esters is 1. The number of nitrogens with zero attached hydrogens (tertiary/aromatic N) is 1. The van der Waals surface area contributed by atoms with Gasteiger partial charge in [0.15, 0.2) is 0 Å². The van der Waals surface area contributed by atoms with Crippen LogP contribution in [0.2, 0.25) is 0 Å². The van der Waals surface area contributed by atoms with Gasteiger partial charge in [0.05, 0.1) is 13.7 Å². The molecule has 0 unspecified atom stereocenters. The number of carbonyl (C=O) groups excluding carboxylic acids is 1. The van der Waals surface area contributed by atoms with E-state index >= 15 is 0 Å². The molecule has 1 aromatic heterocycles. The zero-order valence-corrected chi connectivity index (χ0v) is 10.9. The van der Waals surface area contributed by atoms with E-state index in [0.717, 1.165) is 16.3 Å². The number of carbonyl (C=O) groups is 1. The van der Waals surface area contributed by atoms with Gasteiger partial charge in [-0.15, -0.1) is 0 Å². The van der Waals surface area contributed by atoms with Crippen LogP contribution in [0, 0.1) is 0 Å². The highest BCUT2D eigenvalue weighted by Gasteiger charge is 2.06. The van der Waals surface area contributed by atoms with Crippen LogP contribution in [-0.2, 0) is 9.53 Å². The molecule has 0 aliphatic heterocycles. The quantitative estimate of drug-likeness (QED) is 0.624. The molecule has 0 aliphatic carbocycles. The van der Waals surface area contributed by atoms with Gasteiger partial charge < -0.3 is 9.47 Å². The van der Waals surface area contributed by atoms with Gasteiger partial charge >= 0.3 is 5.97 Å². The summed E-state index contributed by atoms with van der Waals surface area (Å²) in [5, 5.41) is 1.97. The van der Waals surface area contributed by atoms with Gasteiger partial charge in [0.1, 0.15) is 5.75 Å². The Bertz CT molecular complexity index is 620. The van der Waals surface area contributed by atoms with Crippen LogP contribution < -0.4 is 4.74 Å². The van der Waals surface area contributed by atoms with Crippen molar-refractivity contribution in [2.75, 3.05) is 13.7 Å². The maximum absolute atomic E-state index is 11.4. The highest BCUT2D eigenvalue weighted by Crippen LogP contribution is 2.28. The second-order valence-corrected chi connectivity index (χ2v) is 3.86. The van der Waals surface area contributed by atoms with E-state index in [9.17, 15) is 4.79 Å². The van der Waals surface area contributed by atoms with Crippen LogP contribution in [0.25, 0.3) is 16.8 Å². The normalized spacial score (nSPS) is 10.8. The maximum Gasteiger partial charge on any atom is 0.330 e. The molecule has 0 amide bonds. The molecule has 1 heterocycles. The number of rotatable bonds is 4. The molecule has 98 valence electrons. The van der Waals surface area contributed by atoms with E-state index in [2.05, 4.69) is 4.98 Å². The van der Waals surface area contributed by atoms with E-state index in [1.165, 1.54) is 6.08 Å². The first kappa shape index (κ1) is 13.1. The molecule has 0 bridgehead atoms. The van der Waals surface area contributed by atoms with Crippen molar-refractivity contribution in [2.45, 2.75) is 6.92 Å². The number of ether oxygens (including phenoxy) is 2. The Morgan fingerprint density at radius 2 is 2.21 bits per heavy atom. The van der Waals surface area contributed by atoms with Crippen LogP contribution in [-0.4, -0.2) is 24.7 Å². The minimum absolute atomic E-state index is 0.359. The zero-order chi connectivity index (χ0) is 13.7. The molecule has 2 rings (SSSR count). The standard InChI is InChI=1S/C15H15NO3/c1-3-19-15(17)7-5-12-13-10-16-9-8-11(13)4-6-14(12)18-2/h4-10H,3H2,1-2H3/b7-5+. The Balaban J connectivity index is 2.47. The van der Waals surface area contributed by atoms with Crippen LogP contribution in [0.4, 0.5) is 0 Å². The Hall–Kier alpha value is -2.36. The van der Waals surface area contributed by atoms with E-state index in [1.807, 2.05) is 18.2 Å². The Labute approximate surface area is 111 Å². The lowest BCUT2D eigenvalue weighted by atomic mass is 10.1. The van der Waals surface area contributed by atoms with Crippen molar-refractivity contribution >= 4 is 22.8 Å². The molecule has 1 aromatic carbocycles. The van der Waals surface area contributed by atoms with E-state index in [-0.39, 0.29) is 5.97 Å². The molecule has 0 atom stereocenters.